The van der Waals surface area contributed by atoms with Gasteiger partial charge in [-0.05, 0) is 43.3 Å². The van der Waals surface area contributed by atoms with Gasteiger partial charge < -0.3 is 10.5 Å². The molecule has 0 aliphatic rings. The van der Waals surface area contributed by atoms with Crippen LogP contribution in [0.3, 0.4) is 0 Å². The predicted octanol–water partition coefficient (Wildman–Crippen LogP) is 5.32. The largest absolute Gasteiger partial charge is 0.494 e. The summed E-state index contributed by atoms with van der Waals surface area (Å²) in [7, 11) is 1.24. The van der Waals surface area contributed by atoms with Gasteiger partial charge in [-0.2, -0.15) is 9.49 Å². The number of benzene rings is 3. The van der Waals surface area contributed by atoms with Crippen molar-refractivity contribution in [3.05, 3.63) is 99.8 Å². The van der Waals surface area contributed by atoms with Crippen molar-refractivity contribution in [2.45, 2.75) is 13.0 Å². The summed E-state index contributed by atoms with van der Waals surface area (Å²) < 4.78 is 37.7. The Morgan fingerprint density at radius 1 is 0.975 bits per heavy atom. The summed E-state index contributed by atoms with van der Waals surface area (Å²) in [6.07, 6.45) is 1.25. The summed E-state index contributed by atoms with van der Waals surface area (Å²) in [4.78, 5) is 27.1. The van der Waals surface area contributed by atoms with E-state index in [1.807, 2.05) is 6.07 Å². The van der Waals surface area contributed by atoms with E-state index in [-0.39, 0.29) is 49.8 Å². The van der Waals surface area contributed by atoms with Crippen molar-refractivity contribution in [1.82, 2.24) is 29.3 Å². The first-order chi connectivity index (χ1) is 19.3. The molecule has 0 saturated carbocycles. The minimum absolute atomic E-state index is 0.0211. The monoisotopic (exact) mass is 559 g/mol. The van der Waals surface area contributed by atoms with Gasteiger partial charge in [0.1, 0.15) is 29.7 Å². The third-order valence-corrected chi connectivity index (χ3v) is 6.98. The molecule has 9 nitrogen and oxygen atoms in total. The molecule has 0 radical (unpaired) electrons. The molecule has 6 rings (SSSR count). The molecule has 0 fully saturated rings. The molecule has 2 N–H and O–H groups in total. The lowest BCUT2D eigenvalue weighted by atomic mass is 10.1. The zero-order chi connectivity index (χ0) is 28.1. The fraction of sp³-hybridized carbons (Fsp3) is 0.107. The Morgan fingerprint density at radius 3 is 2.50 bits per heavy atom. The number of halogens is 3. The number of nitrogens with two attached hydrogens (primary N) is 1. The van der Waals surface area contributed by atoms with Crippen LogP contribution < -0.4 is 16.0 Å². The highest BCUT2D eigenvalue weighted by atomic mass is 35.5. The number of nitrogens with zero attached hydrogens (tertiary/aromatic N) is 6. The van der Waals surface area contributed by atoms with Crippen LogP contribution in [0.5, 0.6) is 5.75 Å². The molecular formula is C28H20ClF2N7O2. The van der Waals surface area contributed by atoms with Crippen LogP contribution in [0.2, 0.25) is 5.02 Å². The van der Waals surface area contributed by atoms with E-state index in [1.54, 1.807) is 49.4 Å². The summed E-state index contributed by atoms with van der Waals surface area (Å²) >= 11 is 6.41. The number of para-hydroxylation sites is 1. The molecule has 0 bridgehead atoms. The summed E-state index contributed by atoms with van der Waals surface area (Å²) in [5, 5.41) is 5.37. The Bertz CT molecular complexity index is 1990. The molecule has 40 heavy (non-hydrogen) atoms. The number of methoxy groups -OCH3 is 1. The molecule has 0 spiro atoms. The van der Waals surface area contributed by atoms with Gasteiger partial charge in [-0.1, -0.05) is 35.9 Å². The van der Waals surface area contributed by atoms with Crippen LogP contribution in [0.4, 0.5) is 14.6 Å². The smallest absolute Gasteiger partial charge is 0.267 e. The van der Waals surface area contributed by atoms with E-state index in [0.29, 0.717) is 17.0 Å². The predicted molar refractivity (Wildman–Crippen MR) is 148 cm³/mol. The van der Waals surface area contributed by atoms with Crippen molar-refractivity contribution in [3.63, 3.8) is 0 Å². The van der Waals surface area contributed by atoms with Gasteiger partial charge in [-0.25, -0.2) is 24.0 Å². The van der Waals surface area contributed by atoms with Crippen LogP contribution >= 0.6 is 11.6 Å². The van der Waals surface area contributed by atoms with Gasteiger partial charge in [0.2, 0.25) is 5.82 Å². The maximum atomic E-state index is 15.2. The highest BCUT2D eigenvalue weighted by Crippen LogP contribution is 2.36. The minimum atomic E-state index is -1.17. The summed E-state index contributed by atoms with van der Waals surface area (Å²) in [6.45, 7) is 1.76. The van der Waals surface area contributed by atoms with Crippen molar-refractivity contribution in [3.8, 4) is 22.7 Å². The molecule has 1 atom stereocenters. The molecular weight excluding hydrogens is 540 g/mol. The number of fused-ring (bicyclic) bond motifs is 2. The fourth-order valence-electron chi connectivity index (χ4n) is 4.75. The number of ether oxygens (including phenoxy) is 1. The topological polar surface area (TPSA) is 114 Å². The molecule has 0 saturated heterocycles. The molecule has 0 aliphatic heterocycles. The standard InChI is InChI=1S/C28H20ClF2N7O2/c1-14(26-35-18-10-6-9-17(29)20(18)28(39)37(26)15-7-4-3-5-8-15)38-27-21(25(32)33-13-34-27)24(36-38)16-11-12-19(40-2)23(31)22(16)30/h3-14H,1-2H3,(H2,32,33,34)/t14-/m1/s1. The summed E-state index contributed by atoms with van der Waals surface area (Å²) in [6, 6.07) is 15.9. The Labute approximate surface area is 230 Å². The number of aromatic nitrogens is 6. The normalized spacial score (nSPS) is 12.2. The van der Waals surface area contributed by atoms with Gasteiger partial charge >= 0.3 is 0 Å². The average molecular weight is 560 g/mol. The zero-order valence-corrected chi connectivity index (χ0v) is 21.9. The van der Waals surface area contributed by atoms with E-state index in [9.17, 15) is 9.18 Å². The number of anilines is 1. The lowest BCUT2D eigenvalue weighted by molar-refractivity contribution is 0.372. The second-order valence-electron chi connectivity index (χ2n) is 8.95. The molecule has 0 unspecified atom stereocenters. The van der Waals surface area contributed by atoms with Gasteiger partial charge in [0.15, 0.2) is 17.2 Å². The van der Waals surface area contributed by atoms with Gasteiger partial charge in [-0.3, -0.25) is 9.36 Å². The number of nitrogen functional groups attached to an aromatic ring is 1. The minimum Gasteiger partial charge on any atom is -0.494 e. The highest BCUT2D eigenvalue weighted by Gasteiger charge is 2.28. The molecule has 3 aromatic carbocycles. The molecule has 12 heteroatoms. The zero-order valence-electron chi connectivity index (χ0n) is 21.1. The lowest BCUT2D eigenvalue weighted by Gasteiger charge is -2.19. The molecule has 0 amide bonds. The third kappa shape index (κ3) is 3.85. The van der Waals surface area contributed by atoms with Gasteiger partial charge in [-0.15, -0.1) is 0 Å². The van der Waals surface area contributed by atoms with Crippen molar-refractivity contribution >= 4 is 39.4 Å². The van der Waals surface area contributed by atoms with Crippen molar-refractivity contribution < 1.29 is 13.5 Å². The average Bonchev–Trinajstić information content (AvgIpc) is 3.35. The Kier molecular flexibility index (Phi) is 6.15. The first kappa shape index (κ1) is 25.4. The second-order valence-corrected chi connectivity index (χ2v) is 9.36. The summed E-state index contributed by atoms with van der Waals surface area (Å²) in [5.41, 5.74) is 6.87. The van der Waals surface area contributed by atoms with Crippen LogP contribution in [-0.4, -0.2) is 36.4 Å². The lowest BCUT2D eigenvalue weighted by Crippen LogP contribution is -2.27. The number of hydrogen-bond acceptors (Lipinski definition) is 7. The summed E-state index contributed by atoms with van der Waals surface area (Å²) in [5.74, 6) is -2.26. The van der Waals surface area contributed by atoms with Crippen LogP contribution in [-0.2, 0) is 0 Å². The van der Waals surface area contributed by atoms with E-state index >= 15 is 4.39 Å². The van der Waals surface area contributed by atoms with E-state index in [2.05, 4.69) is 15.1 Å². The quantitative estimate of drug-likeness (QED) is 0.304. The van der Waals surface area contributed by atoms with Gasteiger partial charge in [0.25, 0.3) is 5.56 Å². The Hall–Kier alpha value is -4.90. The van der Waals surface area contributed by atoms with Crippen LogP contribution in [0.25, 0.3) is 38.9 Å². The van der Waals surface area contributed by atoms with E-state index in [0.717, 1.165) is 0 Å². The van der Waals surface area contributed by atoms with Gasteiger partial charge in [0.05, 0.1) is 34.1 Å². The van der Waals surface area contributed by atoms with Crippen LogP contribution in [0.15, 0.2) is 71.8 Å². The SMILES string of the molecule is COc1ccc(-c2nn([C@H](C)c3nc4cccc(Cl)c4c(=O)n3-c3ccccc3)c3ncnc(N)c23)c(F)c1F. The second kappa shape index (κ2) is 9.69. The highest BCUT2D eigenvalue weighted by molar-refractivity contribution is 6.35. The third-order valence-electron chi connectivity index (χ3n) is 6.67. The molecule has 200 valence electrons. The van der Waals surface area contributed by atoms with Gasteiger partial charge in [0, 0.05) is 5.56 Å². The van der Waals surface area contributed by atoms with Crippen LogP contribution in [0.1, 0.15) is 18.8 Å². The van der Waals surface area contributed by atoms with E-state index in [4.69, 9.17) is 27.1 Å². The maximum Gasteiger partial charge on any atom is 0.267 e. The van der Waals surface area contributed by atoms with E-state index < -0.39 is 17.7 Å². The number of hydrogen-bond donors (Lipinski definition) is 1. The fourth-order valence-corrected chi connectivity index (χ4v) is 5.00. The number of rotatable bonds is 5. The maximum absolute atomic E-state index is 15.2. The molecule has 3 aromatic heterocycles. The first-order valence-corrected chi connectivity index (χ1v) is 12.5. The molecule has 0 aliphatic carbocycles. The Morgan fingerprint density at radius 2 is 1.75 bits per heavy atom. The van der Waals surface area contributed by atoms with Crippen molar-refractivity contribution in [2.75, 3.05) is 12.8 Å². The Balaban J connectivity index is 1.65. The van der Waals surface area contributed by atoms with Crippen LogP contribution in [0, 0.1) is 11.6 Å². The van der Waals surface area contributed by atoms with E-state index in [1.165, 1.54) is 34.8 Å². The molecule has 6 aromatic rings. The van der Waals surface area contributed by atoms with Crippen molar-refractivity contribution in [1.29, 1.82) is 0 Å². The molecule has 3 heterocycles. The van der Waals surface area contributed by atoms with Crippen molar-refractivity contribution in [2.24, 2.45) is 0 Å². The first-order valence-electron chi connectivity index (χ1n) is 12.1.